The van der Waals surface area contributed by atoms with E-state index >= 15 is 0 Å². The highest BCUT2D eigenvalue weighted by Gasteiger charge is 2.40. The third kappa shape index (κ3) is 4.81. The summed E-state index contributed by atoms with van der Waals surface area (Å²) < 4.78 is 6.33. The maximum absolute atomic E-state index is 12.3. The minimum atomic E-state index is 0.00504. The van der Waals surface area contributed by atoms with Crippen molar-refractivity contribution in [2.75, 3.05) is 44.7 Å². The fraction of sp³-hybridized carbons (Fsp3) is 0.581. The molecule has 2 aliphatic heterocycles. The molecule has 38 heavy (non-hydrogen) atoms. The van der Waals surface area contributed by atoms with Gasteiger partial charge in [0.1, 0.15) is 12.4 Å². The van der Waals surface area contributed by atoms with Gasteiger partial charge in [-0.3, -0.25) is 4.79 Å². The van der Waals surface area contributed by atoms with Crippen molar-refractivity contribution in [3.05, 3.63) is 59.3 Å². The third-order valence-corrected chi connectivity index (χ3v) is 9.57. The molecule has 0 radical (unpaired) electrons. The van der Waals surface area contributed by atoms with E-state index in [2.05, 4.69) is 54.6 Å². The number of likely N-dealkylation sites (N-methyl/N-ethyl adjacent to an activating group) is 1. The monoisotopic (exact) mass is 515 g/mol. The number of rotatable bonds is 5. The Hall–Kier alpha value is -2.93. The van der Waals surface area contributed by atoms with Crippen molar-refractivity contribution in [1.82, 2.24) is 19.8 Å². The first-order valence-electron chi connectivity index (χ1n) is 14.4. The van der Waals surface area contributed by atoms with Gasteiger partial charge in [-0.15, -0.1) is 0 Å². The lowest BCUT2D eigenvalue weighted by molar-refractivity contribution is -0.126. The molecule has 3 unspecified atom stereocenters. The van der Waals surface area contributed by atoms with E-state index in [9.17, 15) is 4.79 Å². The van der Waals surface area contributed by atoms with Crippen LogP contribution < -0.4 is 9.64 Å². The van der Waals surface area contributed by atoms with Crippen molar-refractivity contribution in [1.29, 1.82) is 0 Å². The summed E-state index contributed by atoms with van der Waals surface area (Å²) in [6.07, 6.45) is 10.4. The zero-order valence-electron chi connectivity index (χ0n) is 23.0. The lowest BCUT2D eigenvalue weighted by atomic mass is 9.63. The highest BCUT2D eigenvalue weighted by Crippen LogP contribution is 2.47. The predicted octanol–water partition coefficient (Wildman–Crippen LogP) is 3.84. The highest BCUT2D eigenvalue weighted by atomic mass is 16.5. The van der Waals surface area contributed by atoms with Gasteiger partial charge in [-0.25, -0.2) is 0 Å². The van der Waals surface area contributed by atoms with Crippen LogP contribution in [0.3, 0.4) is 0 Å². The molecule has 2 aromatic rings. The lowest BCUT2D eigenvalue weighted by Crippen LogP contribution is -2.54. The van der Waals surface area contributed by atoms with Gasteiger partial charge < -0.3 is 19.4 Å². The van der Waals surface area contributed by atoms with Gasteiger partial charge in [0.15, 0.2) is 0 Å². The summed E-state index contributed by atoms with van der Waals surface area (Å²) in [6.45, 7) is 9.73. The molecular weight excluding hydrogens is 474 g/mol. The first kappa shape index (κ1) is 25.4. The molecule has 1 aromatic heterocycles. The van der Waals surface area contributed by atoms with Gasteiger partial charge in [-0.1, -0.05) is 30.8 Å². The SMILES string of the molecule is C=CC(=O)N1CCN(c2nc(OCC3CCCN3C)nc3c2CCC2(CCc4ccccc4C2)C3)C(C)C1. The van der Waals surface area contributed by atoms with E-state index in [4.69, 9.17) is 14.7 Å². The average molecular weight is 516 g/mol. The number of fused-ring (bicyclic) bond motifs is 2. The average Bonchev–Trinajstić information content (AvgIpc) is 3.35. The topological polar surface area (TPSA) is 61.8 Å². The second-order valence-electron chi connectivity index (χ2n) is 12.0. The van der Waals surface area contributed by atoms with Crippen LogP contribution in [0.4, 0.5) is 5.82 Å². The molecule has 0 N–H and O–H groups in total. The van der Waals surface area contributed by atoms with E-state index in [1.807, 2.05) is 4.90 Å². The Bertz CT molecular complexity index is 1210. The fourth-order valence-corrected chi connectivity index (χ4v) is 7.23. The molecule has 0 bridgehead atoms. The lowest BCUT2D eigenvalue weighted by Gasteiger charge is -2.44. The Morgan fingerprint density at radius 2 is 1.95 bits per heavy atom. The first-order chi connectivity index (χ1) is 18.4. The summed E-state index contributed by atoms with van der Waals surface area (Å²) >= 11 is 0. The zero-order chi connectivity index (χ0) is 26.3. The normalized spacial score (nSPS) is 27.2. The second kappa shape index (κ2) is 10.3. The van der Waals surface area contributed by atoms with Crippen molar-refractivity contribution in [2.24, 2.45) is 5.41 Å². The Balaban J connectivity index is 1.30. The largest absolute Gasteiger partial charge is 0.462 e. The molecule has 1 aromatic carbocycles. The second-order valence-corrected chi connectivity index (χ2v) is 12.0. The fourth-order valence-electron chi connectivity index (χ4n) is 7.23. The van der Waals surface area contributed by atoms with Crippen molar-refractivity contribution in [3.8, 4) is 6.01 Å². The Labute approximate surface area is 226 Å². The molecule has 1 spiro atoms. The first-order valence-corrected chi connectivity index (χ1v) is 14.4. The van der Waals surface area contributed by atoms with Crippen LogP contribution in [0.25, 0.3) is 0 Å². The van der Waals surface area contributed by atoms with Crippen LogP contribution in [-0.2, 0) is 30.5 Å². The zero-order valence-corrected chi connectivity index (χ0v) is 23.0. The van der Waals surface area contributed by atoms with Gasteiger partial charge >= 0.3 is 6.01 Å². The highest BCUT2D eigenvalue weighted by molar-refractivity contribution is 5.87. The molecule has 2 aliphatic carbocycles. The standard InChI is InChI=1S/C31H41N5O2/c1-4-28(37)35-16-17-36(22(2)20-35)29-26-12-14-31(13-11-23-8-5-6-9-24(23)18-31)19-27(26)32-30(33-29)38-21-25-10-7-15-34(25)3/h4-6,8-9,22,25H,1,7,10-21H2,2-3H3. The number of hydrogen-bond donors (Lipinski definition) is 0. The van der Waals surface area contributed by atoms with Crippen LogP contribution in [0.5, 0.6) is 6.01 Å². The van der Waals surface area contributed by atoms with Crippen molar-refractivity contribution in [2.45, 2.75) is 70.4 Å². The smallest absolute Gasteiger partial charge is 0.318 e. The minimum Gasteiger partial charge on any atom is -0.462 e. The summed E-state index contributed by atoms with van der Waals surface area (Å²) in [4.78, 5) is 29.1. The van der Waals surface area contributed by atoms with E-state index in [0.29, 0.717) is 31.7 Å². The van der Waals surface area contributed by atoms with E-state index in [1.54, 1.807) is 0 Å². The molecule has 2 saturated heterocycles. The number of likely N-dealkylation sites (tertiary alicyclic amines) is 1. The Kier molecular flexibility index (Phi) is 6.89. The summed E-state index contributed by atoms with van der Waals surface area (Å²) in [5, 5.41) is 0. The van der Waals surface area contributed by atoms with Crippen molar-refractivity contribution >= 4 is 11.7 Å². The molecule has 202 valence electrons. The van der Waals surface area contributed by atoms with E-state index < -0.39 is 0 Å². The molecule has 7 heteroatoms. The Morgan fingerprint density at radius 1 is 1.13 bits per heavy atom. The number of aryl methyl sites for hydroxylation is 1. The van der Waals surface area contributed by atoms with Gasteiger partial charge in [-0.05, 0) is 94.5 Å². The number of hydrogen-bond acceptors (Lipinski definition) is 6. The molecule has 4 aliphatic rings. The molecule has 1 amide bonds. The number of carbonyl (C=O) groups excluding carboxylic acids is 1. The van der Waals surface area contributed by atoms with Crippen molar-refractivity contribution < 1.29 is 9.53 Å². The quantitative estimate of drug-likeness (QED) is 0.564. The number of ether oxygens (including phenoxy) is 1. The number of anilines is 1. The van der Waals surface area contributed by atoms with Crippen LogP contribution in [0.15, 0.2) is 36.9 Å². The molecule has 3 heterocycles. The number of amides is 1. The maximum atomic E-state index is 12.3. The molecule has 3 atom stereocenters. The summed E-state index contributed by atoms with van der Waals surface area (Å²) in [7, 11) is 2.18. The van der Waals surface area contributed by atoms with Gasteiger partial charge in [-0.2, -0.15) is 9.97 Å². The molecular formula is C31H41N5O2. The van der Waals surface area contributed by atoms with Crippen LogP contribution in [0, 0.1) is 5.41 Å². The molecule has 2 fully saturated rings. The van der Waals surface area contributed by atoms with Crippen molar-refractivity contribution in [3.63, 3.8) is 0 Å². The van der Waals surface area contributed by atoms with Crippen LogP contribution in [-0.4, -0.2) is 77.6 Å². The van der Waals surface area contributed by atoms with E-state index in [1.165, 1.54) is 47.7 Å². The Morgan fingerprint density at radius 3 is 2.71 bits per heavy atom. The summed E-state index contributed by atoms with van der Waals surface area (Å²) in [6, 6.07) is 10.1. The number of carbonyl (C=O) groups is 1. The third-order valence-electron chi connectivity index (χ3n) is 9.57. The predicted molar refractivity (Wildman–Crippen MR) is 150 cm³/mol. The van der Waals surface area contributed by atoms with Gasteiger partial charge in [0, 0.05) is 37.3 Å². The minimum absolute atomic E-state index is 0.00504. The summed E-state index contributed by atoms with van der Waals surface area (Å²) in [5.41, 5.74) is 5.74. The van der Waals surface area contributed by atoms with Gasteiger partial charge in [0.25, 0.3) is 0 Å². The number of piperazine rings is 1. The summed E-state index contributed by atoms with van der Waals surface area (Å²) in [5.74, 6) is 1.03. The number of nitrogens with zero attached hydrogens (tertiary/aromatic N) is 5. The van der Waals surface area contributed by atoms with Crippen LogP contribution in [0.1, 0.15) is 55.0 Å². The molecule has 0 saturated carbocycles. The molecule has 7 nitrogen and oxygen atoms in total. The van der Waals surface area contributed by atoms with Gasteiger partial charge in [0.2, 0.25) is 5.91 Å². The van der Waals surface area contributed by atoms with Gasteiger partial charge in [0.05, 0.1) is 5.69 Å². The number of aromatic nitrogens is 2. The molecule has 6 rings (SSSR count). The van der Waals surface area contributed by atoms with E-state index in [0.717, 1.165) is 51.0 Å². The van der Waals surface area contributed by atoms with E-state index in [-0.39, 0.29) is 17.4 Å². The van der Waals surface area contributed by atoms with Crippen LogP contribution in [0.2, 0.25) is 0 Å². The number of benzene rings is 1. The maximum Gasteiger partial charge on any atom is 0.318 e. The van der Waals surface area contributed by atoms with Crippen LogP contribution >= 0.6 is 0 Å².